The van der Waals surface area contributed by atoms with Gasteiger partial charge in [-0.05, 0) is 6.42 Å². The molecule has 0 aromatic rings. The monoisotopic (exact) mass is 212 g/mol. The zero-order valence-electron chi connectivity index (χ0n) is 8.03. The Balaban J connectivity index is 4.17. The van der Waals surface area contributed by atoms with E-state index in [9.17, 15) is 14.4 Å². The molecule has 6 nitrogen and oxygen atoms in total. The molecule has 0 heterocycles. The molecular formula is C9H12N2O4. The van der Waals surface area contributed by atoms with E-state index in [1.54, 1.807) is 0 Å². The molecule has 2 amide bonds. The maximum atomic E-state index is 11.0. The Hall–Kier alpha value is -2.03. The number of amides is 2. The van der Waals surface area contributed by atoms with Gasteiger partial charge in [-0.25, -0.2) is 4.79 Å². The molecule has 0 radical (unpaired) electrons. The Morgan fingerprint density at radius 3 is 2.47 bits per heavy atom. The van der Waals surface area contributed by atoms with Gasteiger partial charge in [-0.15, -0.1) is 6.42 Å². The van der Waals surface area contributed by atoms with Crippen LogP contribution < -0.4 is 11.1 Å². The predicted octanol–water partition coefficient (Wildman–Crippen LogP) is -1.16. The van der Waals surface area contributed by atoms with Crippen molar-refractivity contribution in [3.05, 3.63) is 0 Å². The van der Waals surface area contributed by atoms with Crippen molar-refractivity contribution in [1.82, 2.24) is 5.32 Å². The van der Waals surface area contributed by atoms with Gasteiger partial charge in [0.1, 0.15) is 6.04 Å². The molecule has 82 valence electrons. The van der Waals surface area contributed by atoms with Crippen LogP contribution in [-0.2, 0) is 14.4 Å². The minimum atomic E-state index is -1.22. The fourth-order valence-corrected chi connectivity index (χ4v) is 0.882. The topological polar surface area (TPSA) is 109 Å². The number of rotatable bonds is 6. The van der Waals surface area contributed by atoms with E-state index in [1.807, 2.05) is 0 Å². The largest absolute Gasteiger partial charge is 0.480 e. The molecule has 0 aliphatic heterocycles. The van der Waals surface area contributed by atoms with Crippen LogP contribution in [0.15, 0.2) is 0 Å². The predicted molar refractivity (Wildman–Crippen MR) is 51.4 cm³/mol. The summed E-state index contributed by atoms with van der Waals surface area (Å²) in [4.78, 5) is 32.0. The van der Waals surface area contributed by atoms with Gasteiger partial charge >= 0.3 is 5.97 Å². The summed E-state index contributed by atoms with van der Waals surface area (Å²) in [5.74, 6) is -0.320. The molecule has 0 aliphatic rings. The van der Waals surface area contributed by atoms with Gasteiger partial charge in [0.2, 0.25) is 11.8 Å². The molecule has 6 heteroatoms. The van der Waals surface area contributed by atoms with Gasteiger partial charge in [0.05, 0.1) is 6.42 Å². The van der Waals surface area contributed by atoms with Crippen LogP contribution in [0.1, 0.15) is 19.3 Å². The van der Waals surface area contributed by atoms with Crippen LogP contribution in [0, 0.1) is 12.3 Å². The summed E-state index contributed by atoms with van der Waals surface area (Å²) < 4.78 is 0. The van der Waals surface area contributed by atoms with E-state index in [0.29, 0.717) is 0 Å². The average Bonchev–Trinajstić information content (AvgIpc) is 2.11. The molecule has 0 saturated carbocycles. The Morgan fingerprint density at radius 2 is 2.07 bits per heavy atom. The molecule has 0 aromatic carbocycles. The molecular weight excluding hydrogens is 200 g/mol. The highest BCUT2D eigenvalue weighted by Crippen LogP contribution is 1.97. The number of carboxylic acid groups (broad SMARTS) is 1. The lowest BCUT2D eigenvalue weighted by Gasteiger charge is -2.12. The number of carboxylic acids is 1. The second-order valence-corrected chi connectivity index (χ2v) is 2.84. The van der Waals surface area contributed by atoms with E-state index < -0.39 is 23.8 Å². The van der Waals surface area contributed by atoms with Crippen molar-refractivity contribution in [3.8, 4) is 12.3 Å². The third kappa shape index (κ3) is 6.10. The second kappa shape index (κ2) is 6.43. The lowest BCUT2D eigenvalue weighted by Crippen LogP contribution is -2.41. The molecule has 0 aromatic heterocycles. The molecule has 0 rings (SSSR count). The minimum Gasteiger partial charge on any atom is -0.480 e. The van der Waals surface area contributed by atoms with Crippen molar-refractivity contribution < 1.29 is 19.5 Å². The van der Waals surface area contributed by atoms with Crippen molar-refractivity contribution in [2.45, 2.75) is 25.3 Å². The number of nitrogens with one attached hydrogen (secondary N) is 1. The van der Waals surface area contributed by atoms with Crippen LogP contribution in [-0.4, -0.2) is 28.9 Å². The van der Waals surface area contributed by atoms with Crippen molar-refractivity contribution in [2.75, 3.05) is 0 Å². The molecule has 15 heavy (non-hydrogen) atoms. The standard InChI is InChI=1S/C9H12N2O4/c1-2-3-8(13)11-6(9(14)15)4-5-7(10)12/h1,6H,3-5H2,(H2,10,12)(H,11,13)(H,14,15)/t6-/m0/s1. The van der Waals surface area contributed by atoms with E-state index in [0.717, 1.165) is 0 Å². The number of aliphatic carboxylic acids is 1. The smallest absolute Gasteiger partial charge is 0.326 e. The van der Waals surface area contributed by atoms with Crippen LogP contribution in [0.5, 0.6) is 0 Å². The van der Waals surface area contributed by atoms with Gasteiger partial charge in [0.15, 0.2) is 0 Å². The average molecular weight is 212 g/mol. The van der Waals surface area contributed by atoms with Crippen LogP contribution >= 0.6 is 0 Å². The first-order valence-corrected chi connectivity index (χ1v) is 4.21. The van der Waals surface area contributed by atoms with Crippen LogP contribution in [0.3, 0.4) is 0 Å². The molecule has 1 atom stereocenters. The highest BCUT2D eigenvalue weighted by Gasteiger charge is 2.19. The van der Waals surface area contributed by atoms with E-state index in [1.165, 1.54) is 0 Å². The van der Waals surface area contributed by atoms with E-state index >= 15 is 0 Å². The van der Waals surface area contributed by atoms with Gasteiger partial charge in [-0.1, -0.05) is 5.92 Å². The van der Waals surface area contributed by atoms with Gasteiger partial charge in [0, 0.05) is 6.42 Å². The summed E-state index contributed by atoms with van der Waals surface area (Å²) in [6.07, 6.45) is 4.53. The maximum Gasteiger partial charge on any atom is 0.326 e. The second-order valence-electron chi connectivity index (χ2n) is 2.84. The number of nitrogens with two attached hydrogens (primary N) is 1. The summed E-state index contributed by atoms with van der Waals surface area (Å²) in [5.41, 5.74) is 4.85. The van der Waals surface area contributed by atoms with Gasteiger partial charge in [0.25, 0.3) is 0 Å². The first-order chi connectivity index (χ1) is 6.97. The van der Waals surface area contributed by atoms with Gasteiger partial charge < -0.3 is 16.2 Å². The lowest BCUT2D eigenvalue weighted by atomic mass is 10.1. The SMILES string of the molecule is C#CCC(=O)N[C@@H](CCC(N)=O)C(=O)O. The van der Waals surface area contributed by atoms with Crippen LogP contribution in [0.2, 0.25) is 0 Å². The number of carbonyl (C=O) groups excluding carboxylic acids is 2. The van der Waals surface area contributed by atoms with Gasteiger partial charge in [-0.3, -0.25) is 9.59 Å². The summed E-state index contributed by atoms with van der Waals surface area (Å²) in [7, 11) is 0. The summed E-state index contributed by atoms with van der Waals surface area (Å²) >= 11 is 0. The third-order valence-electron chi connectivity index (χ3n) is 1.58. The van der Waals surface area contributed by atoms with Crippen LogP contribution in [0.4, 0.5) is 0 Å². The summed E-state index contributed by atoms with van der Waals surface area (Å²) in [5, 5.41) is 10.9. The van der Waals surface area contributed by atoms with E-state index in [-0.39, 0.29) is 19.3 Å². The Bertz CT molecular complexity index is 306. The maximum absolute atomic E-state index is 11.0. The number of hydrogen-bond acceptors (Lipinski definition) is 3. The zero-order chi connectivity index (χ0) is 11.8. The fourth-order valence-electron chi connectivity index (χ4n) is 0.882. The van der Waals surface area contributed by atoms with E-state index in [2.05, 4.69) is 11.2 Å². The fraction of sp³-hybridized carbons (Fsp3) is 0.444. The lowest BCUT2D eigenvalue weighted by molar-refractivity contribution is -0.142. The number of carbonyl (C=O) groups is 3. The Morgan fingerprint density at radius 1 is 1.47 bits per heavy atom. The van der Waals surface area contributed by atoms with Crippen molar-refractivity contribution in [2.24, 2.45) is 5.73 Å². The molecule has 0 unspecified atom stereocenters. The number of terminal acetylenes is 1. The molecule has 0 fully saturated rings. The molecule has 0 aliphatic carbocycles. The third-order valence-corrected chi connectivity index (χ3v) is 1.58. The van der Waals surface area contributed by atoms with E-state index in [4.69, 9.17) is 17.3 Å². The van der Waals surface area contributed by atoms with Crippen LogP contribution in [0.25, 0.3) is 0 Å². The quantitative estimate of drug-likeness (QED) is 0.482. The van der Waals surface area contributed by atoms with Crippen molar-refractivity contribution in [1.29, 1.82) is 0 Å². The van der Waals surface area contributed by atoms with Crippen molar-refractivity contribution >= 4 is 17.8 Å². The summed E-state index contributed by atoms with van der Waals surface area (Å²) in [6.45, 7) is 0. The first kappa shape index (κ1) is 13.0. The number of hydrogen-bond donors (Lipinski definition) is 3. The Kier molecular flexibility index (Phi) is 5.56. The summed E-state index contributed by atoms with van der Waals surface area (Å²) in [6, 6.07) is -1.13. The molecule has 0 saturated heterocycles. The zero-order valence-corrected chi connectivity index (χ0v) is 8.03. The molecule has 0 bridgehead atoms. The normalized spacial score (nSPS) is 11.1. The minimum absolute atomic E-state index is 0.0407. The highest BCUT2D eigenvalue weighted by molar-refractivity contribution is 5.85. The molecule has 0 spiro atoms. The molecule has 4 N–H and O–H groups in total. The van der Waals surface area contributed by atoms with Gasteiger partial charge in [-0.2, -0.15) is 0 Å². The first-order valence-electron chi connectivity index (χ1n) is 4.21. The highest BCUT2D eigenvalue weighted by atomic mass is 16.4. The Labute approximate surface area is 86.8 Å². The number of primary amides is 1. The van der Waals surface area contributed by atoms with Crippen molar-refractivity contribution in [3.63, 3.8) is 0 Å².